The Labute approximate surface area is 209 Å². The third-order valence-corrected chi connectivity index (χ3v) is 6.32. The van der Waals surface area contributed by atoms with Crippen molar-refractivity contribution >= 4 is 23.1 Å². The molecule has 0 spiro atoms. The number of hydrogen-bond acceptors (Lipinski definition) is 6. The number of amides is 1. The van der Waals surface area contributed by atoms with E-state index in [9.17, 15) is 14.7 Å². The summed E-state index contributed by atoms with van der Waals surface area (Å²) in [5.41, 5.74) is 2.63. The highest BCUT2D eigenvalue weighted by Crippen LogP contribution is 2.43. The predicted molar refractivity (Wildman–Crippen MR) is 136 cm³/mol. The van der Waals surface area contributed by atoms with E-state index in [4.69, 9.17) is 14.2 Å². The quantitative estimate of drug-likeness (QED) is 0.287. The molecule has 3 aromatic rings. The van der Waals surface area contributed by atoms with Crippen molar-refractivity contribution in [3.63, 3.8) is 0 Å². The van der Waals surface area contributed by atoms with Crippen molar-refractivity contribution < 1.29 is 28.9 Å². The standard InChI is InChI=1S/C29H27NO6/c1-3-34-22-11-8-18(9-12-22)26-25(27(31)20-10-13-24-19(16-20)14-15-36-24)28(32)29(33)30(26)21-6-5-7-23(17-21)35-4-2/h5-13,16-17,26,31H,3-4,14-15H2,1-2H3/b27-25-. The van der Waals surface area contributed by atoms with Crippen LogP contribution in [0.2, 0.25) is 0 Å². The van der Waals surface area contributed by atoms with Gasteiger partial charge in [0.2, 0.25) is 0 Å². The second-order valence-corrected chi connectivity index (χ2v) is 8.52. The van der Waals surface area contributed by atoms with E-state index >= 15 is 0 Å². The van der Waals surface area contributed by atoms with Gasteiger partial charge in [0.15, 0.2) is 0 Å². The van der Waals surface area contributed by atoms with Crippen LogP contribution in [0.1, 0.15) is 36.6 Å². The summed E-state index contributed by atoms with van der Waals surface area (Å²) in [6.07, 6.45) is 0.720. The topological polar surface area (TPSA) is 85.3 Å². The molecule has 36 heavy (non-hydrogen) atoms. The van der Waals surface area contributed by atoms with Crippen molar-refractivity contribution in [3.05, 3.63) is 89.0 Å². The monoisotopic (exact) mass is 485 g/mol. The number of ketones is 1. The highest BCUT2D eigenvalue weighted by molar-refractivity contribution is 6.51. The molecule has 1 saturated heterocycles. The van der Waals surface area contributed by atoms with Crippen molar-refractivity contribution in [3.8, 4) is 17.2 Å². The van der Waals surface area contributed by atoms with Gasteiger partial charge in [-0.25, -0.2) is 0 Å². The van der Waals surface area contributed by atoms with Crippen LogP contribution in [0.25, 0.3) is 5.76 Å². The molecule has 2 aliphatic heterocycles. The van der Waals surface area contributed by atoms with Gasteiger partial charge in [-0.1, -0.05) is 18.2 Å². The van der Waals surface area contributed by atoms with Gasteiger partial charge in [0.25, 0.3) is 11.7 Å². The number of aliphatic hydroxyl groups excluding tert-OH is 1. The number of aliphatic hydroxyl groups is 1. The molecule has 184 valence electrons. The smallest absolute Gasteiger partial charge is 0.300 e. The van der Waals surface area contributed by atoms with E-state index in [1.807, 2.05) is 32.0 Å². The van der Waals surface area contributed by atoms with Crippen LogP contribution in [0.5, 0.6) is 17.2 Å². The molecule has 1 fully saturated rings. The molecule has 0 aromatic heterocycles. The van der Waals surface area contributed by atoms with Crippen molar-refractivity contribution in [2.45, 2.75) is 26.3 Å². The van der Waals surface area contributed by atoms with Gasteiger partial charge in [-0.15, -0.1) is 0 Å². The van der Waals surface area contributed by atoms with E-state index in [-0.39, 0.29) is 11.3 Å². The van der Waals surface area contributed by atoms with Crippen LogP contribution in [0, 0.1) is 0 Å². The zero-order valence-electron chi connectivity index (χ0n) is 20.2. The molecule has 1 N–H and O–H groups in total. The van der Waals surface area contributed by atoms with E-state index in [1.54, 1.807) is 48.5 Å². The van der Waals surface area contributed by atoms with Crippen molar-refractivity contribution in [2.24, 2.45) is 0 Å². The molecule has 5 rings (SSSR count). The molecule has 1 atom stereocenters. The Morgan fingerprint density at radius 2 is 1.72 bits per heavy atom. The second kappa shape index (κ2) is 9.77. The molecule has 3 aromatic carbocycles. The van der Waals surface area contributed by atoms with E-state index in [0.29, 0.717) is 48.1 Å². The average molecular weight is 486 g/mol. The first-order chi connectivity index (χ1) is 17.5. The zero-order chi connectivity index (χ0) is 25.2. The number of nitrogens with zero attached hydrogens (tertiary/aromatic N) is 1. The summed E-state index contributed by atoms with van der Waals surface area (Å²) in [7, 11) is 0. The highest BCUT2D eigenvalue weighted by atomic mass is 16.5. The number of ether oxygens (including phenoxy) is 3. The number of fused-ring (bicyclic) bond motifs is 1. The fourth-order valence-corrected chi connectivity index (χ4v) is 4.71. The molecule has 1 unspecified atom stereocenters. The van der Waals surface area contributed by atoms with Crippen LogP contribution in [0.15, 0.2) is 72.3 Å². The van der Waals surface area contributed by atoms with Gasteiger partial charge in [0.05, 0.1) is 31.4 Å². The summed E-state index contributed by atoms with van der Waals surface area (Å²) in [6, 6.07) is 18.7. The Kier molecular flexibility index (Phi) is 6.38. The van der Waals surface area contributed by atoms with Crippen LogP contribution in [0.3, 0.4) is 0 Å². The normalized spacial score (nSPS) is 18.2. The summed E-state index contributed by atoms with van der Waals surface area (Å²) in [5, 5.41) is 11.4. The molecule has 0 bridgehead atoms. The maximum absolute atomic E-state index is 13.4. The fourth-order valence-electron chi connectivity index (χ4n) is 4.71. The molecule has 7 nitrogen and oxygen atoms in total. The maximum atomic E-state index is 13.4. The van der Waals surface area contributed by atoms with Crippen molar-refractivity contribution in [2.75, 3.05) is 24.7 Å². The summed E-state index contributed by atoms with van der Waals surface area (Å²) >= 11 is 0. The van der Waals surface area contributed by atoms with Crippen LogP contribution in [-0.2, 0) is 16.0 Å². The van der Waals surface area contributed by atoms with Gasteiger partial charge in [-0.2, -0.15) is 0 Å². The maximum Gasteiger partial charge on any atom is 0.300 e. The average Bonchev–Trinajstić information content (AvgIpc) is 3.46. The summed E-state index contributed by atoms with van der Waals surface area (Å²) < 4.78 is 16.8. The van der Waals surface area contributed by atoms with E-state index in [0.717, 1.165) is 17.7 Å². The minimum Gasteiger partial charge on any atom is -0.507 e. The molecular formula is C29H27NO6. The number of anilines is 1. The molecule has 7 heteroatoms. The second-order valence-electron chi connectivity index (χ2n) is 8.52. The van der Waals surface area contributed by atoms with E-state index < -0.39 is 17.7 Å². The van der Waals surface area contributed by atoms with E-state index in [2.05, 4.69) is 0 Å². The number of benzene rings is 3. The summed E-state index contributed by atoms with van der Waals surface area (Å²) in [5.74, 6) is 0.350. The molecular weight excluding hydrogens is 458 g/mol. The minimum atomic E-state index is -0.831. The largest absolute Gasteiger partial charge is 0.507 e. The number of Topliss-reactive ketones (excluding diaryl/α,β-unsaturated/α-hetero) is 1. The Balaban J connectivity index is 1.66. The lowest BCUT2D eigenvalue weighted by Gasteiger charge is -2.26. The summed E-state index contributed by atoms with van der Waals surface area (Å²) in [4.78, 5) is 28.2. The van der Waals surface area contributed by atoms with Gasteiger partial charge in [-0.05, 0) is 67.4 Å². The Hall–Kier alpha value is -4.26. The number of hydrogen-bond donors (Lipinski definition) is 1. The zero-order valence-corrected chi connectivity index (χ0v) is 20.2. The summed E-state index contributed by atoms with van der Waals surface area (Å²) in [6.45, 7) is 5.33. The lowest BCUT2D eigenvalue weighted by molar-refractivity contribution is -0.132. The van der Waals surface area contributed by atoms with Gasteiger partial charge < -0.3 is 19.3 Å². The molecule has 2 aliphatic rings. The van der Waals surface area contributed by atoms with Crippen LogP contribution < -0.4 is 19.1 Å². The third kappa shape index (κ3) is 4.17. The van der Waals surface area contributed by atoms with Gasteiger partial charge in [-0.3, -0.25) is 14.5 Å². The third-order valence-electron chi connectivity index (χ3n) is 6.32. The first kappa shape index (κ1) is 23.5. The van der Waals surface area contributed by atoms with Crippen molar-refractivity contribution in [1.82, 2.24) is 0 Å². The lowest BCUT2D eigenvalue weighted by atomic mass is 9.94. The number of rotatable bonds is 7. The first-order valence-electron chi connectivity index (χ1n) is 12.0. The lowest BCUT2D eigenvalue weighted by Crippen LogP contribution is -2.29. The van der Waals surface area contributed by atoms with Crippen LogP contribution >= 0.6 is 0 Å². The number of carbonyl (C=O) groups is 2. The fraction of sp³-hybridized carbons (Fsp3) is 0.241. The van der Waals surface area contributed by atoms with Crippen LogP contribution in [-0.4, -0.2) is 36.6 Å². The first-order valence-corrected chi connectivity index (χ1v) is 12.0. The molecule has 1 amide bonds. The predicted octanol–water partition coefficient (Wildman–Crippen LogP) is 5.05. The Bertz CT molecular complexity index is 1340. The van der Waals surface area contributed by atoms with Crippen molar-refractivity contribution in [1.29, 1.82) is 0 Å². The van der Waals surface area contributed by atoms with Gasteiger partial charge in [0, 0.05) is 23.7 Å². The SMILES string of the molecule is CCOc1ccc(C2/C(=C(/O)c3ccc4c(c3)CCO4)C(=O)C(=O)N2c2cccc(OCC)c2)cc1. The molecule has 0 aliphatic carbocycles. The molecule has 0 radical (unpaired) electrons. The van der Waals surface area contributed by atoms with Gasteiger partial charge in [0.1, 0.15) is 23.0 Å². The molecule has 2 heterocycles. The highest BCUT2D eigenvalue weighted by Gasteiger charge is 2.47. The Morgan fingerprint density at radius 3 is 2.47 bits per heavy atom. The molecule has 0 saturated carbocycles. The van der Waals surface area contributed by atoms with Crippen LogP contribution in [0.4, 0.5) is 5.69 Å². The Morgan fingerprint density at radius 1 is 0.972 bits per heavy atom. The minimum absolute atomic E-state index is 0.0323. The number of carbonyl (C=O) groups excluding carboxylic acids is 2. The van der Waals surface area contributed by atoms with E-state index in [1.165, 1.54) is 4.90 Å². The van der Waals surface area contributed by atoms with Gasteiger partial charge >= 0.3 is 0 Å².